The Morgan fingerprint density at radius 1 is 0.518 bits per heavy atom. The Balaban J connectivity index is 1.06. The third kappa shape index (κ3) is 28.8. The molecular weight excluding hydrogens is 1800 g/mol. The number of phenols is 2. The number of nitrogens with one attached hydrogen (secondary N) is 10. The second-order valence-electron chi connectivity index (χ2n) is 35.5. The average Bonchev–Trinajstić information content (AvgIpc) is 1.75. The molecule has 10 rings (SSSR count). The van der Waals surface area contributed by atoms with E-state index in [9.17, 15) is 53.6 Å². The van der Waals surface area contributed by atoms with Gasteiger partial charge in [-0.1, -0.05) is 151 Å². The number of H-pyrrole nitrogens is 1. The molecule has 734 valence electrons. The molecule has 3 aliphatic heterocycles. The SMILES string of the molecule is CCCC[C@H]1C(=O)N2C[C@H](O)C[C@@H]2C(=O)N[C@@H](CC(=O)O)C(=O)N[C@@H](C(C)C)C(=O)N(C)[C@@H](Cc2ccccc2)C(=O)N[C@@H](Cc2ccc(O)cc2)C(=O)N2CCC[C@@H]2C(=O)N[C@@H](Cc2c[nH]c3ccccc23)C(=O)N[C@@H](Cc2ccc(O)cc2)C(=O)N[C@@H](CC(C)C)C(=O)N[C@H](C(=O)NCC(N)=O)CSCC(=O)N[C@@H](Cc2cc(F)c(F)c(F)c2)C(=O)N(C)[C@@H](Cc2ccccc2)C(=O)N1C. The summed E-state index contributed by atoms with van der Waals surface area (Å²) in [6, 6.07) is 14.4. The number of thioether (sulfide) groups is 1. The number of hydrogen-bond donors (Lipinski definition) is 15. The maximum Gasteiger partial charge on any atom is 0.305 e. The number of nitrogens with two attached hydrogens (primary N) is 1. The van der Waals surface area contributed by atoms with Crippen molar-refractivity contribution in [2.45, 2.75) is 209 Å². The number of carboxylic acid groups (broad SMARTS) is 1. The first-order valence-electron chi connectivity index (χ1n) is 45.4. The fourth-order valence-electron chi connectivity index (χ4n) is 17.0. The van der Waals surface area contributed by atoms with Crippen LogP contribution in [0.3, 0.4) is 0 Å². The Labute approximate surface area is 794 Å². The van der Waals surface area contributed by atoms with Gasteiger partial charge in [0, 0.05) is 102 Å². The maximum absolute atomic E-state index is 15.8. The summed E-state index contributed by atoms with van der Waals surface area (Å²) in [7, 11) is 3.67. The maximum atomic E-state index is 15.8. The molecule has 3 fully saturated rings. The molecule has 0 radical (unpaired) electrons. The van der Waals surface area contributed by atoms with Crippen LogP contribution in [0.15, 0.2) is 152 Å². The molecule has 0 bridgehead atoms. The minimum Gasteiger partial charge on any atom is -0.508 e. The molecule has 6 aromatic carbocycles. The number of halogens is 3. The summed E-state index contributed by atoms with van der Waals surface area (Å²) < 4.78 is 45.2. The number of aromatic amines is 1. The van der Waals surface area contributed by atoms with Crippen LogP contribution in [0.5, 0.6) is 11.5 Å². The quantitative estimate of drug-likeness (QED) is 0.0409. The summed E-state index contributed by atoms with van der Waals surface area (Å²) in [5.41, 5.74) is 7.87. The number of nitrogens with zero attached hydrogens (tertiary/aromatic N) is 5. The molecule has 4 heterocycles. The molecule has 137 heavy (non-hydrogen) atoms. The van der Waals surface area contributed by atoms with Crippen molar-refractivity contribution in [2.24, 2.45) is 17.6 Å². The van der Waals surface area contributed by atoms with E-state index < -0.39 is 252 Å². The highest BCUT2D eigenvalue weighted by Crippen LogP contribution is 2.29. The molecule has 15 amide bonds. The van der Waals surface area contributed by atoms with Gasteiger partial charge in [-0.25, -0.2) is 13.2 Å². The number of amides is 15. The van der Waals surface area contributed by atoms with Crippen molar-refractivity contribution in [1.29, 1.82) is 0 Å². The molecule has 0 spiro atoms. The van der Waals surface area contributed by atoms with Crippen molar-refractivity contribution in [3.05, 3.63) is 203 Å². The highest BCUT2D eigenvalue weighted by molar-refractivity contribution is 8.00. The Kier molecular flexibility index (Phi) is 37.6. The summed E-state index contributed by atoms with van der Waals surface area (Å²) >= 11 is 0.662. The largest absolute Gasteiger partial charge is 0.508 e. The lowest BCUT2D eigenvalue weighted by Crippen LogP contribution is -2.62. The normalized spacial score (nSPS) is 23.8. The molecule has 36 nitrogen and oxygen atoms in total. The van der Waals surface area contributed by atoms with Crippen LogP contribution in [-0.4, -0.2) is 281 Å². The standard InChI is InChI=1S/C97H119F3N16O20S/c1-9-10-26-76-96(135)116-50-63(119)46-78(116)92(131)108-71(47-82(122)123)89(128)111-84(54(4)5)97(136)113(7)77(43-55-20-13-11-14-21-55)91(130)109-73(41-58-30-34-62(118)35-31-58)94(133)115-36-19-27-75(115)90(129)107-70(45-60-48-102-67-25-18-17-24-64(60)67)88(127)106-69(40-57-28-32-61(117)33-29-57)87(126)105-68(37-53(2)3)86(125)110-74(85(124)103-49-80(101)120)51-137-52-81(121)104-72(42-59-38-65(98)83(100)66(99)39-59)93(132)114(8)79(95(134)112(76)6)44-56-22-15-12-16-23-56/h11-18,20-25,28-35,38-39,48,53-54,63,68-79,84,102,117-119H,9-10,19,26-27,36-37,40-47,49-52H2,1-8H3,(H2,101,120)(H,103,124)(H,104,121)(H,105,126)(H,106,127)(H,107,129)(H,108,131)(H,109,130)(H,110,125)(H,111,128)(H,122,123)/t63-,68+,69+,70+,71+,72+,73+,74+,75-,76+,77+,78-,79+,84+/m1/s1. The topological polar surface area (TPSA) is 520 Å². The fraction of sp³-hybridized carbons (Fsp3) is 0.443. The van der Waals surface area contributed by atoms with E-state index in [1.165, 1.54) is 88.4 Å². The number of rotatable bonds is 23. The summed E-state index contributed by atoms with van der Waals surface area (Å²) in [4.78, 5) is 247. The number of aliphatic hydroxyl groups is 1. The average molecular weight is 1920 g/mol. The molecule has 0 saturated carbocycles. The molecule has 1 aromatic heterocycles. The van der Waals surface area contributed by atoms with Gasteiger partial charge in [-0.05, 0) is 113 Å². The molecule has 7 aromatic rings. The Morgan fingerprint density at radius 3 is 1.61 bits per heavy atom. The number of phenolic OH excluding ortho intramolecular Hbond substituents is 2. The van der Waals surface area contributed by atoms with Crippen LogP contribution < -0.4 is 53.6 Å². The summed E-state index contributed by atoms with van der Waals surface area (Å²) in [6.45, 7) is 6.81. The predicted octanol–water partition coefficient (Wildman–Crippen LogP) is 2.78. The van der Waals surface area contributed by atoms with Gasteiger partial charge in [-0.15, -0.1) is 11.8 Å². The number of aromatic nitrogens is 1. The van der Waals surface area contributed by atoms with E-state index in [0.717, 1.165) is 19.6 Å². The number of primary amides is 1. The minimum atomic E-state index is -2.04. The van der Waals surface area contributed by atoms with Crippen LogP contribution in [0, 0.1) is 29.3 Å². The van der Waals surface area contributed by atoms with Crippen LogP contribution in [0.4, 0.5) is 13.2 Å². The van der Waals surface area contributed by atoms with Crippen LogP contribution >= 0.6 is 11.8 Å². The van der Waals surface area contributed by atoms with Crippen molar-refractivity contribution >= 4 is 117 Å². The molecule has 0 unspecified atom stereocenters. The van der Waals surface area contributed by atoms with Gasteiger partial charge < -0.3 is 103 Å². The summed E-state index contributed by atoms with van der Waals surface area (Å²) in [6.07, 6.45) is -3.25. The van der Waals surface area contributed by atoms with Crippen LogP contribution in [-0.2, 0) is 115 Å². The van der Waals surface area contributed by atoms with Gasteiger partial charge >= 0.3 is 5.97 Å². The number of carboxylic acids is 1. The van der Waals surface area contributed by atoms with Crippen LogP contribution in [0.1, 0.15) is 119 Å². The number of likely N-dealkylation sites (N-methyl/N-ethyl adjacent to an activating group) is 3. The number of benzene rings is 6. The zero-order valence-electron chi connectivity index (χ0n) is 77.3. The third-order valence-electron chi connectivity index (χ3n) is 24.4. The zero-order valence-corrected chi connectivity index (χ0v) is 78.1. The van der Waals surface area contributed by atoms with Crippen molar-refractivity contribution in [3.63, 3.8) is 0 Å². The van der Waals surface area contributed by atoms with Crippen molar-refractivity contribution < 1.29 is 110 Å². The number of fused-ring (bicyclic) bond motifs is 3. The van der Waals surface area contributed by atoms with E-state index in [0.29, 0.717) is 69.0 Å². The van der Waals surface area contributed by atoms with E-state index in [1.807, 2.05) is 0 Å². The number of carbonyl (C=O) groups is 16. The van der Waals surface area contributed by atoms with Gasteiger partial charge in [0.1, 0.15) is 90.0 Å². The lowest BCUT2D eigenvalue weighted by Gasteiger charge is -2.38. The van der Waals surface area contributed by atoms with Crippen molar-refractivity contribution in [3.8, 4) is 11.5 Å². The summed E-state index contributed by atoms with van der Waals surface area (Å²) in [5, 5.41) is 67.0. The minimum absolute atomic E-state index is 0.00730. The second-order valence-corrected chi connectivity index (χ2v) is 36.6. The van der Waals surface area contributed by atoms with E-state index in [4.69, 9.17) is 5.73 Å². The zero-order chi connectivity index (χ0) is 99.8. The van der Waals surface area contributed by atoms with Gasteiger partial charge in [0.25, 0.3) is 0 Å². The first kappa shape index (κ1) is 105. The van der Waals surface area contributed by atoms with Gasteiger partial charge in [0.2, 0.25) is 88.6 Å². The molecule has 3 aliphatic rings. The molecule has 40 heteroatoms. The smallest absolute Gasteiger partial charge is 0.305 e. The molecular formula is C97H119F3N16O20S. The first-order chi connectivity index (χ1) is 65.2. The van der Waals surface area contributed by atoms with Gasteiger partial charge in [-0.2, -0.15) is 0 Å². The number of aliphatic carboxylic acids is 1. The number of aliphatic hydroxyl groups excluding tert-OH is 1. The number of carbonyl (C=O) groups excluding carboxylic acids is 15. The lowest BCUT2D eigenvalue weighted by atomic mass is 9.98. The van der Waals surface area contributed by atoms with E-state index in [1.54, 1.807) is 112 Å². The van der Waals surface area contributed by atoms with Gasteiger partial charge in [0.15, 0.2) is 17.5 Å². The molecule has 16 N–H and O–H groups in total. The number of unbranched alkanes of at least 4 members (excludes halogenated alkanes) is 1. The van der Waals surface area contributed by atoms with Crippen LogP contribution in [0.25, 0.3) is 10.9 Å². The van der Waals surface area contributed by atoms with Crippen molar-refractivity contribution in [2.75, 3.05) is 52.3 Å². The Morgan fingerprint density at radius 2 is 1.02 bits per heavy atom. The summed E-state index contributed by atoms with van der Waals surface area (Å²) in [5.74, 6) is -24.8. The van der Waals surface area contributed by atoms with Crippen LogP contribution in [0.2, 0.25) is 0 Å². The molecule has 14 atom stereocenters. The Bertz CT molecular complexity index is 5490. The number of para-hydroxylation sites is 1. The third-order valence-corrected chi connectivity index (χ3v) is 25.5. The monoisotopic (exact) mass is 1920 g/mol. The van der Waals surface area contributed by atoms with E-state index >= 15 is 56.7 Å². The highest BCUT2D eigenvalue weighted by Gasteiger charge is 2.48. The molecule has 0 aliphatic carbocycles. The van der Waals surface area contributed by atoms with E-state index in [-0.39, 0.29) is 87.8 Å². The van der Waals surface area contributed by atoms with E-state index in [2.05, 4.69) is 52.8 Å². The second kappa shape index (κ2) is 49.0. The Hall–Kier alpha value is -13.9. The highest BCUT2D eigenvalue weighted by atomic mass is 32.2. The number of aromatic hydroxyl groups is 2. The van der Waals surface area contributed by atoms with Gasteiger partial charge in [0.05, 0.1) is 24.8 Å². The predicted molar refractivity (Wildman–Crippen MR) is 498 cm³/mol. The van der Waals surface area contributed by atoms with Crippen molar-refractivity contribution in [1.82, 2.24) is 77.3 Å². The fourth-order valence-corrected chi connectivity index (χ4v) is 17.9. The van der Waals surface area contributed by atoms with Gasteiger partial charge in [-0.3, -0.25) is 76.7 Å². The first-order valence-corrected chi connectivity index (χ1v) is 46.5. The lowest BCUT2D eigenvalue weighted by molar-refractivity contribution is -0.152. The number of hydrogen-bond acceptors (Lipinski definition) is 20. The molecule has 3 saturated heterocycles.